The third kappa shape index (κ3) is 4.90. The highest BCUT2D eigenvalue weighted by atomic mass is 16.2. The van der Waals surface area contributed by atoms with E-state index in [0.717, 1.165) is 44.7 Å². The molecule has 0 atom stereocenters. The van der Waals surface area contributed by atoms with E-state index in [4.69, 9.17) is 0 Å². The van der Waals surface area contributed by atoms with Gasteiger partial charge in [0.1, 0.15) is 0 Å². The zero-order valence-corrected chi connectivity index (χ0v) is 13.4. The molecule has 2 rings (SSSR count). The number of carbonyl (C=O) groups excluding carboxylic acids is 2. The van der Waals surface area contributed by atoms with Gasteiger partial charge in [0.2, 0.25) is 5.91 Å². The highest BCUT2D eigenvalue weighted by Crippen LogP contribution is 2.31. The van der Waals surface area contributed by atoms with Crippen molar-refractivity contribution >= 4 is 11.9 Å². The minimum Gasteiger partial charge on any atom is -0.343 e. The zero-order chi connectivity index (χ0) is 15.3. The normalized spacial score (nSPS) is 29.5. The molecular weight excluding hydrogens is 266 g/mol. The lowest BCUT2D eigenvalue weighted by molar-refractivity contribution is -0.127. The molecule has 0 aromatic rings. The first-order valence-corrected chi connectivity index (χ1v) is 8.32. The fourth-order valence-corrected chi connectivity index (χ4v) is 3.25. The van der Waals surface area contributed by atoms with Crippen molar-refractivity contribution in [3.05, 3.63) is 0 Å². The summed E-state index contributed by atoms with van der Waals surface area (Å²) in [6.07, 6.45) is 6.98. The summed E-state index contributed by atoms with van der Waals surface area (Å²) in [6, 6.07) is -0.0696. The molecule has 5 nitrogen and oxygen atoms in total. The van der Waals surface area contributed by atoms with E-state index in [1.165, 1.54) is 12.8 Å². The summed E-state index contributed by atoms with van der Waals surface area (Å²) < 4.78 is 0. The lowest BCUT2D eigenvalue weighted by atomic mass is 9.78. The van der Waals surface area contributed by atoms with E-state index in [1.807, 2.05) is 4.90 Å². The van der Waals surface area contributed by atoms with E-state index in [9.17, 15) is 9.59 Å². The van der Waals surface area contributed by atoms with Crippen LogP contribution in [-0.2, 0) is 4.79 Å². The number of rotatable bonds is 5. The number of hydrogen-bond donors (Lipinski definition) is 2. The van der Waals surface area contributed by atoms with Gasteiger partial charge in [0.05, 0.1) is 0 Å². The number of hydrogen-bond acceptors (Lipinski definition) is 2. The molecule has 3 amide bonds. The van der Waals surface area contributed by atoms with E-state index < -0.39 is 0 Å². The average molecular weight is 295 g/mol. The summed E-state index contributed by atoms with van der Waals surface area (Å²) in [5.74, 6) is 1.03. The minimum atomic E-state index is -0.0696. The van der Waals surface area contributed by atoms with Gasteiger partial charge in [0.25, 0.3) is 0 Å². The molecule has 2 aliphatic rings. The number of nitrogens with one attached hydrogen (secondary N) is 2. The van der Waals surface area contributed by atoms with Crippen molar-refractivity contribution in [2.24, 2.45) is 5.92 Å². The molecule has 0 unspecified atom stereocenters. The van der Waals surface area contributed by atoms with Crippen LogP contribution < -0.4 is 10.6 Å². The summed E-state index contributed by atoms with van der Waals surface area (Å²) in [4.78, 5) is 25.3. The molecule has 0 radical (unpaired) electrons. The van der Waals surface area contributed by atoms with Gasteiger partial charge in [-0.25, -0.2) is 4.79 Å². The van der Waals surface area contributed by atoms with Gasteiger partial charge in [-0.1, -0.05) is 6.92 Å². The molecule has 1 aliphatic heterocycles. The first-order chi connectivity index (χ1) is 9.98. The van der Waals surface area contributed by atoms with Gasteiger partial charge in [-0.15, -0.1) is 0 Å². The molecule has 0 aromatic carbocycles. The lowest BCUT2D eigenvalue weighted by Crippen LogP contribution is -2.52. The molecule has 120 valence electrons. The zero-order valence-electron chi connectivity index (χ0n) is 13.4. The standard InChI is InChI=1S/C16H29N3O2/c1-13-6-8-16(2,9-7-13)18-15(21)17-10-4-12-19-11-3-5-14(19)20/h13H,3-12H2,1-2H3,(H2,17,18,21). The van der Waals surface area contributed by atoms with Crippen LogP contribution in [0.5, 0.6) is 0 Å². The Hall–Kier alpha value is -1.26. The number of likely N-dealkylation sites (tertiary alicyclic amines) is 1. The van der Waals surface area contributed by atoms with Gasteiger partial charge in [-0.05, 0) is 51.4 Å². The van der Waals surface area contributed by atoms with E-state index in [1.54, 1.807) is 0 Å². The summed E-state index contributed by atoms with van der Waals surface area (Å²) in [5.41, 5.74) is -0.0541. The third-order valence-corrected chi connectivity index (χ3v) is 4.85. The minimum absolute atomic E-state index is 0.0541. The van der Waals surface area contributed by atoms with Gasteiger partial charge in [0, 0.05) is 31.6 Å². The molecule has 1 aliphatic carbocycles. The SMILES string of the molecule is CC1CCC(C)(NC(=O)NCCCN2CCCC2=O)CC1. The maximum Gasteiger partial charge on any atom is 0.315 e. The maximum atomic E-state index is 12.0. The van der Waals surface area contributed by atoms with Crippen LogP contribution in [0.3, 0.4) is 0 Å². The van der Waals surface area contributed by atoms with Crippen molar-refractivity contribution in [1.29, 1.82) is 0 Å². The Morgan fingerprint density at radius 1 is 1.38 bits per heavy atom. The van der Waals surface area contributed by atoms with Gasteiger partial charge < -0.3 is 15.5 Å². The molecule has 1 saturated heterocycles. The van der Waals surface area contributed by atoms with Crippen LogP contribution in [0.15, 0.2) is 0 Å². The average Bonchev–Trinajstić information content (AvgIpc) is 2.84. The monoisotopic (exact) mass is 295 g/mol. The van der Waals surface area contributed by atoms with Crippen LogP contribution in [0.4, 0.5) is 4.79 Å². The summed E-state index contributed by atoms with van der Waals surface area (Å²) >= 11 is 0. The Bertz CT molecular complexity index is 376. The molecular formula is C16H29N3O2. The Morgan fingerprint density at radius 2 is 2.10 bits per heavy atom. The second kappa shape index (κ2) is 7.14. The van der Waals surface area contributed by atoms with Crippen molar-refractivity contribution in [1.82, 2.24) is 15.5 Å². The van der Waals surface area contributed by atoms with Gasteiger partial charge in [-0.3, -0.25) is 4.79 Å². The molecule has 0 aromatic heterocycles. The number of urea groups is 1. The van der Waals surface area contributed by atoms with E-state index >= 15 is 0 Å². The third-order valence-electron chi connectivity index (χ3n) is 4.85. The fourth-order valence-electron chi connectivity index (χ4n) is 3.25. The van der Waals surface area contributed by atoms with Crippen LogP contribution in [0.1, 0.15) is 58.8 Å². The van der Waals surface area contributed by atoms with Gasteiger partial charge in [0.15, 0.2) is 0 Å². The summed E-state index contributed by atoms with van der Waals surface area (Å²) in [5, 5.41) is 6.04. The molecule has 1 heterocycles. The summed E-state index contributed by atoms with van der Waals surface area (Å²) in [6.45, 7) is 6.68. The summed E-state index contributed by atoms with van der Waals surface area (Å²) in [7, 11) is 0. The van der Waals surface area contributed by atoms with Crippen molar-refractivity contribution in [2.45, 2.75) is 64.3 Å². The molecule has 0 bridgehead atoms. The maximum absolute atomic E-state index is 12.0. The highest BCUT2D eigenvalue weighted by Gasteiger charge is 2.30. The quantitative estimate of drug-likeness (QED) is 0.764. The molecule has 2 fully saturated rings. The second-order valence-corrected chi connectivity index (χ2v) is 6.96. The Morgan fingerprint density at radius 3 is 2.71 bits per heavy atom. The molecule has 21 heavy (non-hydrogen) atoms. The Kier molecular flexibility index (Phi) is 5.48. The molecule has 2 N–H and O–H groups in total. The van der Waals surface area contributed by atoms with Crippen molar-refractivity contribution in [3.63, 3.8) is 0 Å². The lowest BCUT2D eigenvalue weighted by Gasteiger charge is -2.37. The Labute approximate surface area is 127 Å². The fraction of sp³-hybridized carbons (Fsp3) is 0.875. The van der Waals surface area contributed by atoms with Crippen LogP contribution >= 0.6 is 0 Å². The van der Waals surface area contributed by atoms with Gasteiger partial charge in [-0.2, -0.15) is 0 Å². The number of carbonyl (C=O) groups is 2. The van der Waals surface area contributed by atoms with Crippen molar-refractivity contribution in [3.8, 4) is 0 Å². The predicted octanol–water partition coefficient (Wildman–Crippen LogP) is 2.27. The number of amides is 3. The first-order valence-electron chi connectivity index (χ1n) is 8.32. The van der Waals surface area contributed by atoms with Crippen LogP contribution in [-0.4, -0.2) is 42.0 Å². The van der Waals surface area contributed by atoms with E-state index in [-0.39, 0.29) is 17.5 Å². The van der Waals surface area contributed by atoms with Gasteiger partial charge >= 0.3 is 6.03 Å². The largest absolute Gasteiger partial charge is 0.343 e. The molecule has 5 heteroatoms. The second-order valence-electron chi connectivity index (χ2n) is 6.96. The highest BCUT2D eigenvalue weighted by molar-refractivity contribution is 5.78. The van der Waals surface area contributed by atoms with Crippen LogP contribution in [0.2, 0.25) is 0 Å². The molecule has 1 saturated carbocycles. The first kappa shape index (κ1) is 16.1. The predicted molar refractivity (Wildman–Crippen MR) is 83.0 cm³/mol. The van der Waals surface area contributed by atoms with Crippen LogP contribution in [0.25, 0.3) is 0 Å². The van der Waals surface area contributed by atoms with Crippen molar-refractivity contribution in [2.75, 3.05) is 19.6 Å². The van der Waals surface area contributed by atoms with E-state index in [0.29, 0.717) is 13.0 Å². The number of nitrogens with zero attached hydrogens (tertiary/aromatic N) is 1. The topological polar surface area (TPSA) is 61.4 Å². The van der Waals surface area contributed by atoms with Crippen LogP contribution in [0, 0.1) is 5.92 Å². The smallest absolute Gasteiger partial charge is 0.315 e. The Balaban J connectivity index is 1.60. The van der Waals surface area contributed by atoms with E-state index in [2.05, 4.69) is 24.5 Å². The molecule has 0 spiro atoms. The van der Waals surface area contributed by atoms with Crippen molar-refractivity contribution < 1.29 is 9.59 Å².